The van der Waals surface area contributed by atoms with E-state index in [1.807, 2.05) is 40.1 Å². The summed E-state index contributed by atoms with van der Waals surface area (Å²) in [6.45, 7) is 16.7. The zero-order valence-corrected chi connectivity index (χ0v) is 47.7. The number of nitrogens with zero attached hydrogens (tertiary/aromatic N) is 6. The second kappa shape index (κ2) is 29.3. The third kappa shape index (κ3) is 18.3. The molecule has 8 rings (SSSR count). The molecule has 6 aromatic rings. The number of pyridine rings is 3. The molecule has 2 aliphatic heterocycles. The van der Waals surface area contributed by atoms with Crippen LogP contribution < -0.4 is 33.2 Å². The lowest BCUT2D eigenvalue weighted by Crippen LogP contribution is -2.44. The summed E-state index contributed by atoms with van der Waals surface area (Å²) in [4.78, 5) is 62.6. The summed E-state index contributed by atoms with van der Waals surface area (Å²) in [6, 6.07) is 16.9. The predicted molar refractivity (Wildman–Crippen MR) is 315 cm³/mol. The van der Waals surface area contributed by atoms with Crippen LogP contribution in [0.25, 0.3) is 11.1 Å². The number of nitrogen functional groups attached to an aromatic ring is 3. The average molecular weight is 1220 g/mol. The summed E-state index contributed by atoms with van der Waals surface area (Å²) in [6.07, 6.45) is 9.19. The predicted octanol–water partition coefficient (Wildman–Crippen LogP) is 8.85. The van der Waals surface area contributed by atoms with Crippen LogP contribution in [0, 0.1) is 13.8 Å². The number of carbonyl (C=O) groups excluding carboxylic acids is 3. The van der Waals surface area contributed by atoms with E-state index in [0.29, 0.717) is 47.4 Å². The zero-order chi connectivity index (χ0) is 56.1. The fraction of sp³-hybridized carbons (Fsp3) is 0.404. The van der Waals surface area contributed by atoms with Gasteiger partial charge in [0.15, 0.2) is 0 Å². The van der Waals surface area contributed by atoms with Crippen LogP contribution in [0.2, 0.25) is 0 Å². The second-order valence-electron chi connectivity index (χ2n) is 19.7. The molecule has 6 heterocycles. The van der Waals surface area contributed by atoms with Crippen LogP contribution in [0.3, 0.4) is 0 Å². The maximum absolute atomic E-state index is 13.0. The molecule has 0 unspecified atom stereocenters. The SMILES string of the molecule is C.C.CCc1cc(CO[C@H]2CN(C(=O)OC(C)(C)C)C[C@@H]2NC(=O)c2cc(Br)cnc2N)ccc1C.CCc1cc(CO[C@H]2CNC[C@@H]2NC(=O)c2cc(-c3cnn(C)c3)cnc2N)ccc1C.Nc1ncc(Br)cc1C(=O)O. The lowest BCUT2D eigenvalue weighted by atomic mass is 10.0. The lowest BCUT2D eigenvalue weighted by Gasteiger charge is -2.24. The number of aryl methyl sites for hydroxylation is 5. The molecule has 426 valence electrons. The number of anilines is 3. The topological polar surface area (TPSA) is 290 Å². The standard InChI is InChI=1S/C25H33BrN4O4.C24H30N6O2.C6H5BrN2O2.2CH4/c1-6-17-9-16(8-7-15(17)2)14-33-21-13-30(24(32)34-25(3,4)5)12-20(21)29-23(31)19-10-18(26)11-28-22(19)27;1-4-17-7-16(6-5-15(17)2)14-32-22-12-26-11-21(22)29-24(31)20-8-18(9-27-23(20)25)19-10-28-30(3)13-19;7-3-1-4(6(10)11)5(8)9-2-3;;/h7-11,20-21H,6,12-14H2,1-5H3,(H2,27,28)(H,29,31);5-10,13,21-22,26H,4,11-12,14H2,1-3H3,(H2,25,27)(H,29,31);1-2H,(H2,8,9)(H,10,11);2*1H4/t20-,21-;21-,22-;;;/m00.../s1. The monoisotopic (exact) mass is 1210 g/mol. The fourth-order valence-corrected chi connectivity index (χ4v) is 9.12. The number of halogens is 2. The number of nitrogens with two attached hydrogens (primary N) is 3. The molecule has 4 atom stereocenters. The van der Waals surface area contributed by atoms with Gasteiger partial charge < -0.3 is 57.4 Å². The zero-order valence-electron chi connectivity index (χ0n) is 44.5. The van der Waals surface area contributed by atoms with Crippen molar-refractivity contribution in [1.29, 1.82) is 0 Å². The van der Waals surface area contributed by atoms with Crippen LogP contribution in [0.4, 0.5) is 22.2 Å². The highest BCUT2D eigenvalue weighted by atomic mass is 79.9. The summed E-state index contributed by atoms with van der Waals surface area (Å²) in [5.74, 6) is -1.35. The van der Waals surface area contributed by atoms with Gasteiger partial charge in [-0.1, -0.05) is 65.1 Å². The van der Waals surface area contributed by atoms with E-state index in [-0.39, 0.29) is 73.9 Å². The van der Waals surface area contributed by atoms with Gasteiger partial charge in [-0.3, -0.25) is 14.3 Å². The van der Waals surface area contributed by atoms with Crippen molar-refractivity contribution in [3.8, 4) is 11.1 Å². The number of likely N-dealkylation sites (tertiary alicyclic amines) is 1. The smallest absolute Gasteiger partial charge is 0.410 e. The van der Waals surface area contributed by atoms with Gasteiger partial charge in [-0.25, -0.2) is 24.5 Å². The molecule has 0 spiro atoms. The molecule has 0 aliphatic carbocycles. The summed E-state index contributed by atoms with van der Waals surface area (Å²) in [5, 5.41) is 22.1. The van der Waals surface area contributed by atoms with Gasteiger partial charge in [0.1, 0.15) is 28.6 Å². The first-order chi connectivity index (χ1) is 36.5. The number of hydrogen-bond acceptors (Lipinski definition) is 15. The van der Waals surface area contributed by atoms with Gasteiger partial charge in [0.25, 0.3) is 11.8 Å². The van der Waals surface area contributed by atoms with E-state index in [4.69, 9.17) is 36.5 Å². The first-order valence-corrected chi connectivity index (χ1v) is 26.6. The van der Waals surface area contributed by atoms with Crippen LogP contribution in [0.5, 0.6) is 0 Å². The highest BCUT2D eigenvalue weighted by molar-refractivity contribution is 9.10. The van der Waals surface area contributed by atoms with Gasteiger partial charge in [-0.2, -0.15) is 5.10 Å². The number of amides is 3. The van der Waals surface area contributed by atoms with E-state index < -0.39 is 29.8 Å². The minimum absolute atomic E-state index is 0. The Hall–Kier alpha value is -6.98. The van der Waals surface area contributed by atoms with Gasteiger partial charge in [0, 0.05) is 71.5 Å². The molecule has 2 aromatic carbocycles. The molecule has 4 aromatic heterocycles. The number of nitrogens with one attached hydrogen (secondary N) is 3. The summed E-state index contributed by atoms with van der Waals surface area (Å²) < 4.78 is 20.9. The summed E-state index contributed by atoms with van der Waals surface area (Å²) >= 11 is 6.40. The molecule has 20 nitrogen and oxygen atoms in total. The summed E-state index contributed by atoms with van der Waals surface area (Å²) in [5.41, 5.74) is 26.2. The molecule has 2 saturated heterocycles. The van der Waals surface area contributed by atoms with Gasteiger partial charge in [0.05, 0.1) is 61.4 Å². The average Bonchev–Trinajstić information content (AvgIpc) is 4.15. The van der Waals surface area contributed by atoms with Crippen LogP contribution in [0.1, 0.15) is 114 Å². The van der Waals surface area contributed by atoms with Crippen molar-refractivity contribution < 1.29 is 38.5 Å². The third-order valence-corrected chi connectivity index (χ3v) is 13.5. The molecular weight excluding hydrogens is 1140 g/mol. The van der Waals surface area contributed by atoms with Crippen molar-refractivity contribution in [2.45, 2.75) is 119 Å². The highest BCUT2D eigenvalue weighted by Crippen LogP contribution is 2.25. The van der Waals surface area contributed by atoms with E-state index in [9.17, 15) is 19.2 Å². The Kier molecular flexibility index (Phi) is 23.9. The van der Waals surface area contributed by atoms with Crippen molar-refractivity contribution in [2.24, 2.45) is 7.05 Å². The molecule has 79 heavy (non-hydrogen) atoms. The molecule has 3 amide bonds. The fourth-order valence-electron chi connectivity index (χ4n) is 8.46. The van der Waals surface area contributed by atoms with Gasteiger partial charge in [-0.15, -0.1) is 0 Å². The minimum Gasteiger partial charge on any atom is -0.478 e. The van der Waals surface area contributed by atoms with E-state index >= 15 is 0 Å². The van der Waals surface area contributed by atoms with E-state index in [2.05, 4.69) is 126 Å². The number of ether oxygens (including phenoxy) is 3. The number of aromatic carboxylic acids is 1. The number of carboxylic acids is 1. The van der Waals surface area contributed by atoms with Crippen molar-refractivity contribution in [2.75, 3.05) is 43.4 Å². The van der Waals surface area contributed by atoms with Gasteiger partial charge >= 0.3 is 12.1 Å². The number of rotatable bonds is 14. The maximum atomic E-state index is 13.0. The normalized spacial score (nSPS) is 16.5. The lowest BCUT2D eigenvalue weighted by molar-refractivity contribution is 0.0158. The number of carbonyl (C=O) groups is 4. The van der Waals surface area contributed by atoms with Crippen LogP contribution in [-0.4, -0.2) is 115 Å². The first-order valence-electron chi connectivity index (χ1n) is 25.0. The van der Waals surface area contributed by atoms with Crippen LogP contribution in [-0.2, 0) is 47.3 Å². The van der Waals surface area contributed by atoms with Crippen molar-refractivity contribution in [3.05, 3.63) is 145 Å². The Bertz CT molecular complexity index is 3060. The molecule has 0 bridgehead atoms. The van der Waals surface area contributed by atoms with Crippen LogP contribution >= 0.6 is 31.9 Å². The molecule has 0 radical (unpaired) electrons. The Morgan fingerprint density at radius 2 is 1.20 bits per heavy atom. The van der Waals surface area contributed by atoms with E-state index in [1.165, 1.54) is 40.7 Å². The molecule has 2 fully saturated rings. The molecule has 2 aliphatic rings. The van der Waals surface area contributed by atoms with Crippen molar-refractivity contribution in [3.63, 3.8) is 0 Å². The van der Waals surface area contributed by atoms with Gasteiger partial charge in [-0.05, 0) is 131 Å². The third-order valence-electron chi connectivity index (χ3n) is 12.7. The number of aromatic nitrogens is 5. The second-order valence-corrected chi connectivity index (χ2v) is 21.5. The Morgan fingerprint density at radius 3 is 1.71 bits per heavy atom. The molecule has 22 heteroatoms. The highest BCUT2D eigenvalue weighted by Gasteiger charge is 2.39. The number of benzene rings is 2. The summed E-state index contributed by atoms with van der Waals surface area (Å²) in [7, 11) is 1.84. The molecule has 0 saturated carbocycles. The largest absolute Gasteiger partial charge is 0.478 e. The Balaban J connectivity index is 0.000000280. The molecule has 10 N–H and O–H groups in total. The molecular formula is C57H76Br2N12O8. The Morgan fingerprint density at radius 1 is 0.696 bits per heavy atom. The van der Waals surface area contributed by atoms with E-state index in [1.54, 1.807) is 34.1 Å². The Labute approximate surface area is 480 Å². The van der Waals surface area contributed by atoms with Crippen molar-refractivity contribution in [1.82, 2.24) is 45.6 Å². The maximum Gasteiger partial charge on any atom is 0.410 e. The van der Waals surface area contributed by atoms with Gasteiger partial charge in [0.2, 0.25) is 0 Å². The van der Waals surface area contributed by atoms with Crippen LogP contribution in [0.15, 0.2) is 94.5 Å². The number of carboxylic acid groups (broad SMARTS) is 1. The first kappa shape index (κ1) is 64.5. The number of hydrogen-bond donors (Lipinski definition) is 7. The van der Waals surface area contributed by atoms with E-state index in [0.717, 1.165) is 35.1 Å². The quantitative estimate of drug-likeness (QED) is 0.0536. The van der Waals surface area contributed by atoms with Crippen molar-refractivity contribution >= 4 is 73.2 Å². The minimum atomic E-state index is -1.07.